The molecule has 1 fully saturated rings. The van der Waals surface area contributed by atoms with Crippen LogP contribution in [0.25, 0.3) is 10.4 Å². The number of methoxy groups -OCH3 is 1. The van der Waals surface area contributed by atoms with Gasteiger partial charge in [-0.2, -0.15) is 0 Å². The third kappa shape index (κ3) is 2.87. The summed E-state index contributed by atoms with van der Waals surface area (Å²) in [6, 6.07) is -0.469. The third-order valence-corrected chi connectivity index (χ3v) is 2.64. The molecule has 2 atom stereocenters. The van der Waals surface area contributed by atoms with Gasteiger partial charge in [0, 0.05) is 24.4 Å². The third-order valence-electron chi connectivity index (χ3n) is 2.64. The molecule has 1 aliphatic rings. The Hall–Kier alpha value is -1.75. The molecule has 1 aliphatic heterocycles. The van der Waals surface area contributed by atoms with Crippen LogP contribution in [-0.4, -0.2) is 42.5 Å². The summed E-state index contributed by atoms with van der Waals surface area (Å²) in [6.45, 7) is 1.81. The maximum atomic E-state index is 11.3. The summed E-state index contributed by atoms with van der Waals surface area (Å²) in [5.74, 6) is -0.484. The number of nitrogens with zero attached hydrogens (tertiary/aromatic N) is 4. The molecule has 1 saturated heterocycles. The van der Waals surface area contributed by atoms with Gasteiger partial charge in [-0.1, -0.05) is 5.11 Å². The molecule has 0 bridgehead atoms. The molecule has 88 valence electrons. The molecule has 0 N–H and O–H groups in total. The summed E-state index contributed by atoms with van der Waals surface area (Å²) in [6.07, 6.45) is 0.659. The molecular weight excluding hydrogens is 212 g/mol. The molecule has 7 nitrogen and oxygen atoms in total. The number of carbonyl (C=O) groups excluding carboxylic acids is 2. The van der Waals surface area contributed by atoms with E-state index in [9.17, 15) is 9.59 Å². The second-order valence-electron chi connectivity index (χ2n) is 3.70. The van der Waals surface area contributed by atoms with E-state index in [2.05, 4.69) is 14.8 Å². The number of hydrogen-bond acceptors (Lipinski definition) is 4. The lowest BCUT2D eigenvalue weighted by Crippen LogP contribution is -2.35. The van der Waals surface area contributed by atoms with Gasteiger partial charge in [0.05, 0.1) is 19.6 Å². The summed E-state index contributed by atoms with van der Waals surface area (Å²) in [5.41, 5.74) is 8.33. The summed E-state index contributed by atoms with van der Waals surface area (Å²) in [7, 11) is 1.31. The minimum Gasteiger partial charge on any atom is -0.469 e. The molecule has 0 aromatic carbocycles. The first-order chi connectivity index (χ1) is 7.58. The van der Waals surface area contributed by atoms with Crippen LogP contribution in [0, 0.1) is 0 Å². The molecular formula is C9H14N4O3. The van der Waals surface area contributed by atoms with Gasteiger partial charge in [0.2, 0.25) is 5.91 Å². The van der Waals surface area contributed by atoms with Gasteiger partial charge in [0.15, 0.2) is 0 Å². The number of azide groups is 1. The Bertz CT molecular complexity index is 338. The first kappa shape index (κ1) is 12.3. The van der Waals surface area contributed by atoms with Crippen molar-refractivity contribution in [2.75, 3.05) is 13.7 Å². The Labute approximate surface area is 93.0 Å². The zero-order valence-electron chi connectivity index (χ0n) is 9.29. The van der Waals surface area contributed by atoms with Crippen molar-refractivity contribution in [3.63, 3.8) is 0 Å². The Balaban J connectivity index is 2.69. The minimum absolute atomic E-state index is 0.121. The fourth-order valence-electron chi connectivity index (χ4n) is 1.90. The van der Waals surface area contributed by atoms with Crippen LogP contribution in [-0.2, 0) is 14.3 Å². The number of likely N-dealkylation sites (tertiary alicyclic amines) is 1. The summed E-state index contributed by atoms with van der Waals surface area (Å²) < 4.78 is 4.56. The van der Waals surface area contributed by atoms with Crippen molar-refractivity contribution in [2.45, 2.75) is 31.8 Å². The van der Waals surface area contributed by atoms with E-state index in [4.69, 9.17) is 5.53 Å². The van der Waals surface area contributed by atoms with Crippen LogP contribution in [0.3, 0.4) is 0 Å². The van der Waals surface area contributed by atoms with Crippen LogP contribution in [0.5, 0.6) is 0 Å². The molecule has 1 heterocycles. The molecule has 0 aromatic heterocycles. The lowest BCUT2D eigenvalue weighted by Gasteiger charge is -2.21. The van der Waals surface area contributed by atoms with Crippen LogP contribution in [0.15, 0.2) is 5.11 Å². The van der Waals surface area contributed by atoms with Crippen molar-refractivity contribution < 1.29 is 14.3 Å². The van der Waals surface area contributed by atoms with E-state index in [1.807, 2.05) is 0 Å². The van der Waals surface area contributed by atoms with Gasteiger partial charge >= 0.3 is 5.97 Å². The van der Waals surface area contributed by atoms with Crippen LogP contribution >= 0.6 is 0 Å². The molecule has 0 unspecified atom stereocenters. The fraction of sp³-hybridized carbons (Fsp3) is 0.778. The van der Waals surface area contributed by atoms with Crippen LogP contribution in [0.4, 0.5) is 0 Å². The highest BCUT2D eigenvalue weighted by atomic mass is 16.5. The lowest BCUT2D eigenvalue weighted by atomic mass is 10.1. The number of rotatable bonds is 3. The highest BCUT2D eigenvalue weighted by molar-refractivity contribution is 5.76. The smallest absolute Gasteiger partial charge is 0.307 e. The average molecular weight is 226 g/mol. The van der Waals surface area contributed by atoms with Crippen molar-refractivity contribution in [3.05, 3.63) is 10.4 Å². The van der Waals surface area contributed by atoms with Gasteiger partial charge in [0.25, 0.3) is 0 Å². The monoisotopic (exact) mass is 226 g/mol. The van der Waals surface area contributed by atoms with Crippen molar-refractivity contribution in [2.24, 2.45) is 5.11 Å². The van der Waals surface area contributed by atoms with E-state index in [1.54, 1.807) is 4.90 Å². The predicted octanol–water partition coefficient (Wildman–Crippen LogP) is 0.849. The molecule has 0 aliphatic carbocycles. The molecule has 0 radical (unpaired) electrons. The number of ether oxygens (including phenoxy) is 1. The van der Waals surface area contributed by atoms with Crippen molar-refractivity contribution in [1.29, 1.82) is 0 Å². The number of amides is 1. The number of carbonyl (C=O) groups is 2. The zero-order valence-corrected chi connectivity index (χ0v) is 9.29. The van der Waals surface area contributed by atoms with Crippen LogP contribution < -0.4 is 0 Å². The van der Waals surface area contributed by atoms with E-state index in [1.165, 1.54) is 14.0 Å². The van der Waals surface area contributed by atoms with Crippen molar-refractivity contribution in [3.8, 4) is 0 Å². The van der Waals surface area contributed by atoms with Gasteiger partial charge in [0.1, 0.15) is 0 Å². The molecule has 0 saturated carbocycles. The van der Waals surface area contributed by atoms with E-state index in [-0.39, 0.29) is 30.4 Å². The van der Waals surface area contributed by atoms with Gasteiger partial charge in [-0.3, -0.25) is 9.59 Å². The van der Waals surface area contributed by atoms with Crippen molar-refractivity contribution in [1.82, 2.24) is 4.90 Å². The average Bonchev–Trinajstić information content (AvgIpc) is 2.61. The highest BCUT2D eigenvalue weighted by Crippen LogP contribution is 2.23. The molecule has 1 rings (SSSR count). The van der Waals surface area contributed by atoms with Crippen LogP contribution in [0.1, 0.15) is 19.8 Å². The molecule has 16 heavy (non-hydrogen) atoms. The first-order valence-corrected chi connectivity index (χ1v) is 4.96. The van der Waals surface area contributed by atoms with Gasteiger partial charge < -0.3 is 9.64 Å². The molecule has 0 aromatic rings. The normalized spacial score (nSPS) is 23.8. The lowest BCUT2D eigenvalue weighted by molar-refractivity contribution is -0.142. The number of hydrogen-bond donors (Lipinski definition) is 0. The molecule has 1 amide bonds. The Morgan fingerprint density at radius 3 is 2.81 bits per heavy atom. The minimum atomic E-state index is -0.363. The topological polar surface area (TPSA) is 95.4 Å². The molecule has 0 spiro atoms. The predicted molar refractivity (Wildman–Crippen MR) is 55.4 cm³/mol. The van der Waals surface area contributed by atoms with Gasteiger partial charge in [-0.25, -0.2) is 0 Å². The second kappa shape index (κ2) is 5.37. The van der Waals surface area contributed by atoms with Gasteiger partial charge in [-0.05, 0) is 12.0 Å². The van der Waals surface area contributed by atoms with E-state index >= 15 is 0 Å². The molecule has 7 heteroatoms. The van der Waals surface area contributed by atoms with Gasteiger partial charge in [-0.15, -0.1) is 0 Å². The van der Waals surface area contributed by atoms with Crippen molar-refractivity contribution >= 4 is 11.9 Å². The zero-order chi connectivity index (χ0) is 12.1. The summed E-state index contributed by atoms with van der Waals surface area (Å²) in [5, 5.41) is 3.57. The largest absolute Gasteiger partial charge is 0.469 e. The SMILES string of the molecule is COC(=O)C[C@H]1C[C@H](N=[N+]=[N-])CN1C(C)=O. The second-order valence-corrected chi connectivity index (χ2v) is 3.70. The summed E-state index contributed by atoms with van der Waals surface area (Å²) >= 11 is 0. The van der Waals surface area contributed by atoms with Crippen LogP contribution in [0.2, 0.25) is 0 Å². The summed E-state index contributed by atoms with van der Waals surface area (Å²) in [4.78, 5) is 26.7. The standard InChI is InChI=1S/C9H14N4O3/c1-6(14)13-5-7(11-12-10)3-8(13)4-9(15)16-2/h7-8H,3-5H2,1-2H3/t7-,8+/m0/s1. The highest BCUT2D eigenvalue weighted by Gasteiger charge is 2.34. The Morgan fingerprint density at radius 2 is 2.31 bits per heavy atom. The first-order valence-electron chi connectivity index (χ1n) is 4.96. The van der Waals surface area contributed by atoms with E-state index in [0.29, 0.717) is 13.0 Å². The quantitative estimate of drug-likeness (QED) is 0.309. The number of esters is 1. The fourth-order valence-corrected chi connectivity index (χ4v) is 1.90. The maximum Gasteiger partial charge on any atom is 0.307 e. The van der Waals surface area contributed by atoms with E-state index in [0.717, 1.165) is 0 Å². The van der Waals surface area contributed by atoms with E-state index < -0.39 is 0 Å². The Morgan fingerprint density at radius 1 is 1.62 bits per heavy atom. The maximum absolute atomic E-state index is 11.3. The Kier molecular flexibility index (Phi) is 4.13.